The largest absolute Gasteiger partial charge is 0.385 e. The van der Waals surface area contributed by atoms with Gasteiger partial charge in [0.05, 0.1) is 0 Å². The number of aromatic nitrogens is 1. The second-order valence-corrected chi connectivity index (χ2v) is 4.94. The molecule has 74 valence electrons. The number of aliphatic hydroxyl groups excluding tert-OH is 1. The predicted octanol–water partition coefficient (Wildman–Crippen LogP) is 1.56. The molecule has 1 aromatic rings. The Balaban J connectivity index is 2.39. The molecule has 0 aliphatic rings. The van der Waals surface area contributed by atoms with Crippen molar-refractivity contribution < 1.29 is 5.11 Å². The maximum absolute atomic E-state index is 9.66. The third-order valence-electron chi connectivity index (χ3n) is 1.56. The Morgan fingerprint density at radius 2 is 2.31 bits per heavy atom. The van der Waals surface area contributed by atoms with Crippen LogP contribution in [0.4, 0.5) is 0 Å². The molecule has 13 heavy (non-hydrogen) atoms. The van der Waals surface area contributed by atoms with Crippen LogP contribution < -0.4 is 5.32 Å². The Morgan fingerprint density at radius 3 is 2.77 bits per heavy atom. The van der Waals surface area contributed by atoms with Crippen molar-refractivity contribution in [2.24, 2.45) is 0 Å². The first-order chi connectivity index (χ1) is 5.99. The molecule has 0 saturated carbocycles. The maximum atomic E-state index is 9.66. The van der Waals surface area contributed by atoms with Crippen molar-refractivity contribution in [3.05, 3.63) is 16.6 Å². The van der Waals surface area contributed by atoms with Gasteiger partial charge in [0.25, 0.3) is 0 Å². The molecular formula is C9H16N2OS. The summed E-state index contributed by atoms with van der Waals surface area (Å²) in [5, 5.41) is 15.5. The maximum Gasteiger partial charge on any atom is 0.122 e. The monoisotopic (exact) mass is 200 g/mol. The molecular weight excluding hydrogens is 184 g/mol. The van der Waals surface area contributed by atoms with Gasteiger partial charge in [-0.1, -0.05) is 0 Å². The van der Waals surface area contributed by atoms with Gasteiger partial charge in [0.15, 0.2) is 0 Å². The molecule has 0 aliphatic heterocycles. The minimum atomic E-state index is -0.487. The van der Waals surface area contributed by atoms with E-state index in [0.717, 1.165) is 5.01 Å². The van der Waals surface area contributed by atoms with Gasteiger partial charge < -0.3 is 10.4 Å². The van der Waals surface area contributed by atoms with Crippen LogP contribution in [0, 0.1) is 0 Å². The molecule has 0 spiro atoms. The first kappa shape index (κ1) is 10.6. The van der Waals surface area contributed by atoms with Crippen LogP contribution in [-0.4, -0.2) is 22.2 Å². The molecule has 4 heteroatoms. The smallest absolute Gasteiger partial charge is 0.122 e. The van der Waals surface area contributed by atoms with Gasteiger partial charge in [-0.25, -0.2) is 4.98 Å². The van der Waals surface area contributed by atoms with E-state index in [-0.39, 0.29) is 5.54 Å². The number of β-amino-alcohol motifs (C(OH)–C–C–N with tert-alkyl or cyclic N) is 1. The lowest BCUT2D eigenvalue weighted by molar-refractivity contribution is 0.163. The zero-order valence-electron chi connectivity index (χ0n) is 8.24. The van der Waals surface area contributed by atoms with Crippen LogP contribution in [0.2, 0.25) is 0 Å². The van der Waals surface area contributed by atoms with Crippen LogP contribution in [0.3, 0.4) is 0 Å². The fourth-order valence-corrected chi connectivity index (χ4v) is 1.51. The van der Waals surface area contributed by atoms with Crippen LogP contribution in [0.25, 0.3) is 0 Å². The van der Waals surface area contributed by atoms with Gasteiger partial charge in [-0.15, -0.1) is 11.3 Å². The van der Waals surface area contributed by atoms with Crippen molar-refractivity contribution in [3.8, 4) is 0 Å². The molecule has 0 fully saturated rings. The van der Waals surface area contributed by atoms with E-state index in [4.69, 9.17) is 0 Å². The number of thiazole rings is 1. The van der Waals surface area contributed by atoms with Crippen molar-refractivity contribution in [3.63, 3.8) is 0 Å². The summed E-state index contributed by atoms with van der Waals surface area (Å²) in [5.41, 5.74) is 0.0399. The number of nitrogens with one attached hydrogen (secondary N) is 1. The Bertz CT molecular complexity index is 241. The molecule has 0 bridgehead atoms. The van der Waals surface area contributed by atoms with E-state index in [2.05, 4.69) is 31.1 Å². The minimum Gasteiger partial charge on any atom is -0.385 e. The van der Waals surface area contributed by atoms with Crippen molar-refractivity contribution in [1.82, 2.24) is 10.3 Å². The summed E-state index contributed by atoms with van der Waals surface area (Å²) in [5.74, 6) is 0. The highest BCUT2D eigenvalue weighted by molar-refractivity contribution is 7.09. The summed E-state index contributed by atoms with van der Waals surface area (Å²) in [6, 6.07) is 0. The summed E-state index contributed by atoms with van der Waals surface area (Å²) >= 11 is 1.48. The van der Waals surface area contributed by atoms with Gasteiger partial charge >= 0.3 is 0 Å². The third kappa shape index (κ3) is 3.85. The Hall–Kier alpha value is -0.450. The summed E-state index contributed by atoms with van der Waals surface area (Å²) in [7, 11) is 0. The Labute approximate surface area is 82.8 Å². The van der Waals surface area contributed by atoms with Gasteiger partial charge in [-0.3, -0.25) is 0 Å². The van der Waals surface area contributed by atoms with E-state index in [1.807, 2.05) is 5.38 Å². The van der Waals surface area contributed by atoms with Crippen molar-refractivity contribution in [1.29, 1.82) is 0 Å². The van der Waals surface area contributed by atoms with Gasteiger partial charge in [0, 0.05) is 23.7 Å². The number of hydrogen-bond acceptors (Lipinski definition) is 4. The fourth-order valence-electron chi connectivity index (χ4n) is 0.889. The van der Waals surface area contributed by atoms with Gasteiger partial charge in [0.1, 0.15) is 11.1 Å². The highest BCUT2D eigenvalue weighted by Crippen LogP contribution is 2.15. The quantitative estimate of drug-likeness (QED) is 0.778. The van der Waals surface area contributed by atoms with Gasteiger partial charge in [0.2, 0.25) is 0 Å². The zero-order valence-corrected chi connectivity index (χ0v) is 9.06. The molecule has 0 radical (unpaired) electrons. The number of rotatable bonds is 3. The SMILES string of the molecule is CC(C)(C)NCC(O)c1nccs1. The summed E-state index contributed by atoms with van der Waals surface area (Å²) in [4.78, 5) is 4.05. The van der Waals surface area contributed by atoms with Crippen molar-refractivity contribution in [2.75, 3.05) is 6.54 Å². The third-order valence-corrected chi connectivity index (χ3v) is 2.44. The molecule has 0 aromatic carbocycles. The van der Waals surface area contributed by atoms with E-state index in [9.17, 15) is 5.11 Å². The standard InChI is InChI=1S/C9H16N2OS/c1-9(2,3)11-6-7(12)8-10-4-5-13-8/h4-5,7,11-12H,6H2,1-3H3. The second-order valence-electron chi connectivity index (χ2n) is 4.02. The van der Waals surface area contributed by atoms with Crippen LogP contribution in [-0.2, 0) is 0 Å². The predicted molar refractivity (Wildman–Crippen MR) is 54.8 cm³/mol. The van der Waals surface area contributed by atoms with Crippen LogP contribution in [0.15, 0.2) is 11.6 Å². The summed E-state index contributed by atoms with van der Waals surface area (Å²) in [6.45, 7) is 6.77. The average molecular weight is 200 g/mol. The lowest BCUT2D eigenvalue weighted by atomic mass is 10.1. The molecule has 0 saturated heterocycles. The van der Waals surface area contributed by atoms with E-state index >= 15 is 0 Å². The Morgan fingerprint density at radius 1 is 1.62 bits per heavy atom. The normalized spacial score (nSPS) is 14.5. The number of aliphatic hydroxyl groups is 1. The van der Waals surface area contributed by atoms with Crippen LogP contribution in [0.1, 0.15) is 31.9 Å². The summed E-state index contributed by atoms with van der Waals surface area (Å²) < 4.78 is 0. The van der Waals surface area contributed by atoms with Crippen LogP contribution >= 0.6 is 11.3 Å². The molecule has 3 nitrogen and oxygen atoms in total. The molecule has 1 rings (SSSR count). The average Bonchev–Trinajstić information content (AvgIpc) is 2.50. The van der Waals surface area contributed by atoms with Crippen molar-refractivity contribution >= 4 is 11.3 Å². The number of nitrogens with zero attached hydrogens (tertiary/aromatic N) is 1. The van der Waals surface area contributed by atoms with E-state index < -0.39 is 6.10 Å². The molecule has 0 amide bonds. The zero-order chi connectivity index (χ0) is 9.90. The van der Waals surface area contributed by atoms with Crippen molar-refractivity contribution in [2.45, 2.75) is 32.4 Å². The highest BCUT2D eigenvalue weighted by Gasteiger charge is 2.14. The lowest BCUT2D eigenvalue weighted by Crippen LogP contribution is -2.38. The fraction of sp³-hybridized carbons (Fsp3) is 0.667. The number of hydrogen-bond donors (Lipinski definition) is 2. The lowest BCUT2D eigenvalue weighted by Gasteiger charge is -2.22. The topological polar surface area (TPSA) is 45.1 Å². The Kier molecular flexibility index (Phi) is 3.41. The highest BCUT2D eigenvalue weighted by atomic mass is 32.1. The van der Waals surface area contributed by atoms with Crippen LogP contribution in [0.5, 0.6) is 0 Å². The minimum absolute atomic E-state index is 0.0399. The summed E-state index contributed by atoms with van der Waals surface area (Å²) in [6.07, 6.45) is 1.22. The first-order valence-electron chi connectivity index (χ1n) is 4.31. The second kappa shape index (κ2) is 4.17. The van der Waals surface area contributed by atoms with E-state index in [1.54, 1.807) is 6.20 Å². The molecule has 1 heterocycles. The molecule has 2 N–H and O–H groups in total. The van der Waals surface area contributed by atoms with Gasteiger partial charge in [-0.05, 0) is 20.8 Å². The molecule has 1 atom stereocenters. The van der Waals surface area contributed by atoms with E-state index in [0.29, 0.717) is 6.54 Å². The van der Waals surface area contributed by atoms with Gasteiger partial charge in [-0.2, -0.15) is 0 Å². The molecule has 0 aliphatic carbocycles. The molecule has 1 aromatic heterocycles. The first-order valence-corrected chi connectivity index (χ1v) is 5.19. The molecule has 1 unspecified atom stereocenters. The van der Waals surface area contributed by atoms with E-state index in [1.165, 1.54) is 11.3 Å².